The van der Waals surface area contributed by atoms with E-state index in [2.05, 4.69) is 42.2 Å². The van der Waals surface area contributed by atoms with E-state index in [0.29, 0.717) is 13.6 Å². The molecule has 142 valence electrons. The number of fused-ring (bicyclic) bond motifs is 8. The third-order valence-corrected chi connectivity index (χ3v) is 5.86. The highest BCUT2D eigenvalue weighted by Crippen LogP contribution is 2.51. The summed E-state index contributed by atoms with van der Waals surface area (Å²) in [4.78, 5) is 2.48. The fourth-order valence-electron chi connectivity index (χ4n) is 4.50. The average Bonchev–Trinajstić information content (AvgIpc) is 3.38. The van der Waals surface area contributed by atoms with Gasteiger partial charge in [0.1, 0.15) is 0 Å². The van der Waals surface area contributed by atoms with Crippen LogP contribution in [0.2, 0.25) is 0 Å². The molecule has 0 spiro atoms. The SMILES string of the molecule is CCCCN1Cc2c(ccc3c2OCO3)-c2ccc3cc4c(cc3c21)OCO4. The van der Waals surface area contributed by atoms with Crippen molar-refractivity contribution in [3.8, 4) is 34.1 Å². The van der Waals surface area contributed by atoms with E-state index < -0.39 is 0 Å². The largest absolute Gasteiger partial charge is 0.454 e. The van der Waals surface area contributed by atoms with E-state index in [9.17, 15) is 0 Å². The summed E-state index contributed by atoms with van der Waals surface area (Å²) in [5.74, 6) is 3.40. The number of hydrogen-bond acceptors (Lipinski definition) is 5. The zero-order valence-electron chi connectivity index (χ0n) is 15.8. The molecule has 3 aromatic carbocycles. The third kappa shape index (κ3) is 2.19. The second-order valence-electron chi connectivity index (χ2n) is 7.49. The highest BCUT2D eigenvalue weighted by atomic mass is 16.7. The van der Waals surface area contributed by atoms with Gasteiger partial charge in [0, 0.05) is 29.6 Å². The maximum atomic E-state index is 5.83. The summed E-state index contributed by atoms with van der Waals surface area (Å²) in [5.41, 5.74) is 4.96. The van der Waals surface area contributed by atoms with Crippen LogP contribution >= 0.6 is 0 Å². The van der Waals surface area contributed by atoms with Gasteiger partial charge in [-0.25, -0.2) is 0 Å². The normalized spacial score (nSPS) is 15.7. The Hall–Kier alpha value is -3.08. The molecule has 0 saturated heterocycles. The van der Waals surface area contributed by atoms with Gasteiger partial charge in [-0.3, -0.25) is 0 Å². The molecule has 0 bridgehead atoms. The first-order valence-corrected chi connectivity index (χ1v) is 9.86. The van der Waals surface area contributed by atoms with Crippen LogP contribution in [0.4, 0.5) is 5.69 Å². The van der Waals surface area contributed by atoms with Crippen LogP contribution in [0.1, 0.15) is 25.3 Å². The smallest absolute Gasteiger partial charge is 0.231 e. The van der Waals surface area contributed by atoms with Crippen molar-refractivity contribution in [1.82, 2.24) is 0 Å². The lowest BCUT2D eigenvalue weighted by Crippen LogP contribution is -2.28. The maximum Gasteiger partial charge on any atom is 0.231 e. The van der Waals surface area contributed by atoms with Crippen molar-refractivity contribution < 1.29 is 18.9 Å². The number of hydrogen-bond donors (Lipinski definition) is 0. The molecule has 0 fully saturated rings. The van der Waals surface area contributed by atoms with Crippen LogP contribution in [0.5, 0.6) is 23.0 Å². The summed E-state index contributed by atoms with van der Waals surface area (Å²) in [6.07, 6.45) is 2.30. The second-order valence-corrected chi connectivity index (χ2v) is 7.49. The monoisotopic (exact) mass is 375 g/mol. The Morgan fingerprint density at radius 3 is 2.54 bits per heavy atom. The first-order chi connectivity index (χ1) is 13.8. The van der Waals surface area contributed by atoms with Crippen LogP contribution in [-0.2, 0) is 6.54 Å². The van der Waals surface area contributed by atoms with E-state index in [1.54, 1.807) is 0 Å². The highest BCUT2D eigenvalue weighted by Gasteiger charge is 2.30. The van der Waals surface area contributed by atoms with Crippen molar-refractivity contribution in [1.29, 1.82) is 0 Å². The molecular formula is C23H21NO4. The molecule has 0 radical (unpaired) electrons. The van der Waals surface area contributed by atoms with Crippen LogP contribution in [-0.4, -0.2) is 20.1 Å². The van der Waals surface area contributed by atoms with E-state index in [4.69, 9.17) is 18.9 Å². The Bertz CT molecular complexity index is 1110. The number of unbranched alkanes of at least 4 members (excludes halogenated alkanes) is 1. The average molecular weight is 375 g/mol. The van der Waals surface area contributed by atoms with Gasteiger partial charge >= 0.3 is 0 Å². The van der Waals surface area contributed by atoms with Gasteiger partial charge in [0.15, 0.2) is 23.0 Å². The quantitative estimate of drug-likeness (QED) is 0.638. The number of anilines is 1. The minimum atomic E-state index is 0.291. The van der Waals surface area contributed by atoms with Gasteiger partial charge in [-0.2, -0.15) is 0 Å². The van der Waals surface area contributed by atoms with Crippen molar-refractivity contribution in [2.45, 2.75) is 26.3 Å². The fourth-order valence-corrected chi connectivity index (χ4v) is 4.50. The van der Waals surface area contributed by atoms with Gasteiger partial charge in [-0.05, 0) is 41.6 Å². The summed E-state index contributed by atoms with van der Waals surface area (Å²) in [5, 5.41) is 2.38. The summed E-state index contributed by atoms with van der Waals surface area (Å²) < 4.78 is 22.7. The Kier molecular flexibility index (Phi) is 3.39. The Morgan fingerprint density at radius 2 is 1.64 bits per heavy atom. The number of ether oxygens (including phenoxy) is 4. The van der Waals surface area contributed by atoms with Gasteiger partial charge in [0.25, 0.3) is 0 Å². The van der Waals surface area contributed by atoms with Gasteiger partial charge in [0.2, 0.25) is 13.6 Å². The Labute approximate surface area is 163 Å². The Morgan fingerprint density at radius 1 is 0.857 bits per heavy atom. The molecule has 3 heterocycles. The van der Waals surface area contributed by atoms with Gasteiger partial charge < -0.3 is 23.8 Å². The van der Waals surface area contributed by atoms with Crippen molar-refractivity contribution in [2.75, 3.05) is 25.0 Å². The van der Waals surface area contributed by atoms with Gasteiger partial charge in [0.05, 0.1) is 5.69 Å². The lowest BCUT2D eigenvalue weighted by Gasteiger charge is -2.34. The number of benzene rings is 3. The van der Waals surface area contributed by atoms with Crippen molar-refractivity contribution >= 4 is 16.5 Å². The van der Waals surface area contributed by atoms with Gasteiger partial charge in [-0.1, -0.05) is 25.5 Å². The molecule has 5 nitrogen and oxygen atoms in total. The molecule has 0 unspecified atom stereocenters. The van der Waals surface area contributed by atoms with E-state index in [1.165, 1.54) is 33.2 Å². The molecule has 6 rings (SSSR count). The Balaban J connectivity index is 1.61. The molecule has 28 heavy (non-hydrogen) atoms. The molecule has 0 atom stereocenters. The molecule has 0 aliphatic carbocycles. The van der Waals surface area contributed by atoms with E-state index >= 15 is 0 Å². The lowest BCUT2D eigenvalue weighted by molar-refractivity contribution is 0.173. The summed E-state index contributed by atoms with van der Waals surface area (Å²) in [7, 11) is 0. The predicted octanol–water partition coefficient (Wildman–Crippen LogP) is 5.08. The first kappa shape index (κ1) is 15.9. The molecule has 0 aromatic heterocycles. The van der Waals surface area contributed by atoms with Crippen LogP contribution in [0.3, 0.4) is 0 Å². The predicted molar refractivity (Wildman–Crippen MR) is 108 cm³/mol. The summed E-state index contributed by atoms with van der Waals surface area (Å²) >= 11 is 0. The minimum absolute atomic E-state index is 0.291. The van der Waals surface area contributed by atoms with Crippen LogP contribution in [0.15, 0.2) is 36.4 Å². The first-order valence-electron chi connectivity index (χ1n) is 9.86. The molecular weight excluding hydrogens is 354 g/mol. The topological polar surface area (TPSA) is 40.2 Å². The van der Waals surface area contributed by atoms with Crippen LogP contribution in [0, 0.1) is 0 Å². The minimum Gasteiger partial charge on any atom is -0.454 e. The molecule has 3 aromatic rings. The van der Waals surface area contributed by atoms with Crippen LogP contribution in [0.25, 0.3) is 21.9 Å². The van der Waals surface area contributed by atoms with Crippen molar-refractivity contribution in [3.05, 3.63) is 42.0 Å². The van der Waals surface area contributed by atoms with E-state index in [-0.39, 0.29) is 0 Å². The zero-order valence-corrected chi connectivity index (χ0v) is 15.8. The third-order valence-electron chi connectivity index (χ3n) is 5.86. The molecule has 3 aliphatic heterocycles. The molecule has 0 amide bonds. The van der Waals surface area contributed by atoms with Crippen molar-refractivity contribution in [2.24, 2.45) is 0 Å². The summed E-state index contributed by atoms with van der Waals surface area (Å²) in [6, 6.07) is 12.8. The molecule has 0 saturated carbocycles. The standard InChI is InChI=1S/C23H21NO4/c1-2-3-8-24-11-18-15(6-7-19-23(18)28-13-25-19)16-5-4-14-9-20-21(27-12-26-20)10-17(14)22(16)24/h4-7,9-10H,2-3,8,11-13H2,1H3. The van der Waals surface area contributed by atoms with Crippen molar-refractivity contribution in [3.63, 3.8) is 0 Å². The summed E-state index contributed by atoms with van der Waals surface area (Å²) in [6.45, 7) is 4.65. The highest BCUT2D eigenvalue weighted by molar-refractivity contribution is 6.05. The van der Waals surface area contributed by atoms with E-state index in [0.717, 1.165) is 48.9 Å². The van der Waals surface area contributed by atoms with E-state index in [1.807, 2.05) is 6.07 Å². The fraction of sp³-hybridized carbons (Fsp3) is 0.304. The molecule has 0 N–H and O–H groups in total. The zero-order chi connectivity index (χ0) is 18.7. The number of nitrogens with zero attached hydrogens (tertiary/aromatic N) is 1. The van der Waals surface area contributed by atoms with Gasteiger partial charge in [-0.15, -0.1) is 0 Å². The maximum absolute atomic E-state index is 5.83. The second kappa shape index (κ2) is 5.96. The number of rotatable bonds is 3. The molecule has 3 aliphatic rings. The lowest BCUT2D eigenvalue weighted by atomic mass is 9.89. The van der Waals surface area contributed by atoms with Crippen LogP contribution < -0.4 is 23.8 Å². The molecule has 5 heteroatoms.